The predicted molar refractivity (Wildman–Crippen MR) is 126 cm³/mol. The Labute approximate surface area is 199 Å². The van der Waals surface area contributed by atoms with E-state index in [1.54, 1.807) is 22.2 Å². The Hall–Kier alpha value is -3.30. The summed E-state index contributed by atoms with van der Waals surface area (Å²) in [5.41, 5.74) is 9.39. The highest BCUT2D eigenvalue weighted by atomic mass is 16.2. The monoisotopic (exact) mass is 462 g/mol. The molecule has 3 saturated heterocycles. The minimum atomic E-state index is -0.335. The first-order chi connectivity index (χ1) is 16.5. The van der Waals surface area contributed by atoms with E-state index in [0.29, 0.717) is 39.1 Å². The van der Waals surface area contributed by atoms with Gasteiger partial charge in [-0.1, -0.05) is 17.7 Å². The molecule has 4 heterocycles. The van der Waals surface area contributed by atoms with Crippen molar-refractivity contribution in [2.75, 3.05) is 37.6 Å². The number of carbonyl (C=O) groups excluding carboxylic acids is 3. The van der Waals surface area contributed by atoms with E-state index in [4.69, 9.17) is 0 Å². The summed E-state index contributed by atoms with van der Waals surface area (Å²) in [5.74, 6) is -0.288. The number of anilines is 1. The first-order valence-corrected chi connectivity index (χ1v) is 11.8. The normalized spacial score (nSPS) is 25.1. The van der Waals surface area contributed by atoms with Gasteiger partial charge in [-0.2, -0.15) is 0 Å². The molecule has 34 heavy (non-hydrogen) atoms. The van der Waals surface area contributed by atoms with Crippen molar-refractivity contribution in [1.82, 2.24) is 25.6 Å². The molecule has 1 aromatic heterocycles. The van der Waals surface area contributed by atoms with Crippen LogP contribution in [-0.4, -0.2) is 71.3 Å². The maximum atomic E-state index is 13.1. The highest BCUT2D eigenvalue weighted by Crippen LogP contribution is 2.27. The zero-order valence-electron chi connectivity index (χ0n) is 19.3. The van der Waals surface area contributed by atoms with Gasteiger partial charge < -0.3 is 14.7 Å². The SMILES string of the molecule is Cc1ccc(N2CC(C(=O)N3CCN(C(=O)C4CC(c5ccncc5)NN4)CC3)CC2=O)cc1. The number of pyridine rings is 1. The molecule has 3 amide bonds. The molecule has 3 atom stereocenters. The molecule has 3 aliphatic heterocycles. The quantitative estimate of drug-likeness (QED) is 0.704. The number of aromatic nitrogens is 1. The number of piperazine rings is 1. The molecule has 9 heteroatoms. The van der Waals surface area contributed by atoms with Crippen LogP contribution in [0.3, 0.4) is 0 Å². The molecule has 0 spiro atoms. The van der Waals surface area contributed by atoms with Crippen LogP contribution >= 0.6 is 0 Å². The van der Waals surface area contributed by atoms with Crippen molar-refractivity contribution in [2.24, 2.45) is 5.92 Å². The second-order valence-corrected chi connectivity index (χ2v) is 9.30. The lowest BCUT2D eigenvalue weighted by Gasteiger charge is -2.36. The minimum Gasteiger partial charge on any atom is -0.339 e. The molecule has 0 bridgehead atoms. The predicted octanol–water partition coefficient (Wildman–Crippen LogP) is 1.02. The number of hydrazine groups is 1. The molecule has 3 unspecified atom stereocenters. The second-order valence-electron chi connectivity index (χ2n) is 9.30. The minimum absolute atomic E-state index is 0.00784. The topological polar surface area (TPSA) is 97.9 Å². The summed E-state index contributed by atoms with van der Waals surface area (Å²) in [6.07, 6.45) is 4.40. The highest BCUT2D eigenvalue weighted by molar-refractivity contribution is 6.00. The molecular weight excluding hydrogens is 432 g/mol. The van der Waals surface area contributed by atoms with E-state index in [1.165, 1.54) is 0 Å². The van der Waals surface area contributed by atoms with Crippen LogP contribution in [0.2, 0.25) is 0 Å². The number of benzene rings is 1. The number of nitrogens with zero attached hydrogens (tertiary/aromatic N) is 4. The van der Waals surface area contributed by atoms with Crippen LogP contribution in [0.25, 0.3) is 0 Å². The average Bonchev–Trinajstić information content (AvgIpc) is 3.52. The average molecular weight is 463 g/mol. The Bertz CT molecular complexity index is 1050. The molecule has 2 N–H and O–H groups in total. The molecular formula is C25H30N6O3. The number of hydrogen-bond acceptors (Lipinski definition) is 6. The van der Waals surface area contributed by atoms with Gasteiger partial charge in [0, 0.05) is 63.3 Å². The Kier molecular flexibility index (Phi) is 6.30. The highest BCUT2D eigenvalue weighted by Gasteiger charge is 2.39. The summed E-state index contributed by atoms with van der Waals surface area (Å²) >= 11 is 0. The number of carbonyl (C=O) groups is 3. The van der Waals surface area contributed by atoms with E-state index in [9.17, 15) is 14.4 Å². The van der Waals surface area contributed by atoms with E-state index in [-0.39, 0.29) is 42.1 Å². The van der Waals surface area contributed by atoms with E-state index >= 15 is 0 Å². The fourth-order valence-corrected chi connectivity index (χ4v) is 5.01. The smallest absolute Gasteiger partial charge is 0.241 e. The Morgan fingerprint density at radius 2 is 1.56 bits per heavy atom. The van der Waals surface area contributed by atoms with Crippen molar-refractivity contribution in [3.8, 4) is 0 Å². The van der Waals surface area contributed by atoms with Crippen LogP contribution in [0.15, 0.2) is 48.8 Å². The van der Waals surface area contributed by atoms with Crippen molar-refractivity contribution in [3.05, 3.63) is 59.9 Å². The van der Waals surface area contributed by atoms with Gasteiger partial charge in [0.15, 0.2) is 0 Å². The van der Waals surface area contributed by atoms with Crippen LogP contribution in [0, 0.1) is 12.8 Å². The fourth-order valence-electron chi connectivity index (χ4n) is 5.01. The summed E-state index contributed by atoms with van der Waals surface area (Å²) < 4.78 is 0. The third-order valence-corrected chi connectivity index (χ3v) is 7.03. The Balaban J connectivity index is 1.13. The van der Waals surface area contributed by atoms with Crippen molar-refractivity contribution in [2.45, 2.75) is 31.8 Å². The Morgan fingerprint density at radius 3 is 2.24 bits per heavy atom. The van der Waals surface area contributed by atoms with E-state index < -0.39 is 0 Å². The first kappa shape index (κ1) is 22.5. The third-order valence-electron chi connectivity index (χ3n) is 7.03. The number of amides is 3. The second kappa shape index (κ2) is 9.52. The van der Waals surface area contributed by atoms with Gasteiger partial charge in [-0.05, 0) is 43.2 Å². The molecule has 3 fully saturated rings. The third kappa shape index (κ3) is 4.53. The Morgan fingerprint density at radius 1 is 0.912 bits per heavy atom. The molecule has 0 saturated carbocycles. The van der Waals surface area contributed by atoms with Gasteiger partial charge in [0.05, 0.1) is 5.92 Å². The van der Waals surface area contributed by atoms with Gasteiger partial charge in [-0.3, -0.25) is 19.4 Å². The molecule has 1 aromatic carbocycles. The van der Waals surface area contributed by atoms with E-state index in [2.05, 4.69) is 15.8 Å². The van der Waals surface area contributed by atoms with Gasteiger partial charge in [-0.25, -0.2) is 10.9 Å². The molecule has 5 rings (SSSR count). The van der Waals surface area contributed by atoms with E-state index in [1.807, 2.05) is 48.2 Å². The lowest BCUT2D eigenvalue weighted by atomic mass is 10.0. The van der Waals surface area contributed by atoms with Crippen LogP contribution in [0.5, 0.6) is 0 Å². The maximum absolute atomic E-state index is 13.1. The molecule has 0 radical (unpaired) electrons. The summed E-state index contributed by atoms with van der Waals surface area (Å²) in [6, 6.07) is 11.5. The lowest BCUT2D eigenvalue weighted by molar-refractivity contribution is -0.142. The zero-order chi connectivity index (χ0) is 23.7. The molecule has 2 aromatic rings. The lowest BCUT2D eigenvalue weighted by Crippen LogP contribution is -2.55. The van der Waals surface area contributed by atoms with E-state index in [0.717, 1.165) is 16.8 Å². The molecule has 9 nitrogen and oxygen atoms in total. The zero-order valence-corrected chi connectivity index (χ0v) is 19.3. The molecule has 3 aliphatic rings. The van der Waals surface area contributed by atoms with Crippen molar-refractivity contribution >= 4 is 23.4 Å². The van der Waals surface area contributed by atoms with Gasteiger partial charge in [0.25, 0.3) is 0 Å². The maximum Gasteiger partial charge on any atom is 0.241 e. The first-order valence-electron chi connectivity index (χ1n) is 11.8. The van der Waals surface area contributed by atoms with Crippen LogP contribution < -0.4 is 15.8 Å². The van der Waals surface area contributed by atoms with Gasteiger partial charge in [-0.15, -0.1) is 0 Å². The van der Waals surface area contributed by atoms with Gasteiger partial charge in [0.2, 0.25) is 17.7 Å². The van der Waals surface area contributed by atoms with Crippen LogP contribution in [0.4, 0.5) is 5.69 Å². The van der Waals surface area contributed by atoms with Crippen molar-refractivity contribution in [3.63, 3.8) is 0 Å². The summed E-state index contributed by atoms with van der Waals surface area (Å²) in [4.78, 5) is 48.1. The number of aryl methyl sites for hydroxylation is 1. The largest absolute Gasteiger partial charge is 0.339 e. The van der Waals surface area contributed by atoms with Crippen molar-refractivity contribution in [1.29, 1.82) is 0 Å². The van der Waals surface area contributed by atoms with Crippen LogP contribution in [0.1, 0.15) is 30.0 Å². The number of nitrogens with one attached hydrogen (secondary N) is 2. The van der Waals surface area contributed by atoms with Gasteiger partial charge in [0.1, 0.15) is 6.04 Å². The fraction of sp³-hybridized carbons (Fsp3) is 0.440. The summed E-state index contributed by atoms with van der Waals surface area (Å²) in [7, 11) is 0. The molecule has 178 valence electrons. The van der Waals surface area contributed by atoms with Crippen LogP contribution in [-0.2, 0) is 14.4 Å². The summed E-state index contributed by atoms with van der Waals surface area (Å²) in [5, 5.41) is 0. The standard InChI is InChI=1S/C25H30N6O3/c1-17-2-4-20(5-3-17)31-16-19(14-23(31)32)24(33)29-10-12-30(13-11-29)25(34)22-15-21(27-28-22)18-6-8-26-9-7-18/h2-9,19,21-22,27-28H,10-16H2,1H3. The number of hydrogen-bond donors (Lipinski definition) is 2. The molecule has 0 aliphatic carbocycles. The number of rotatable bonds is 4. The van der Waals surface area contributed by atoms with Gasteiger partial charge >= 0.3 is 0 Å². The van der Waals surface area contributed by atoms with Crippen molar-refractivity contribution < 1.29 is 14.4 Å². The summed E-state index contributed by atoms with van der Waals surface area (Å²) in [6.45, 7) is 4.41.